The molecule has 2 nitrogen and oxygen atoms in total. The first-order chi connectivity index (χ1) is 7.60. The van der Waals surface area contributed by atoms with Crippen LogP contribution in [-0.4, -0.2) is 36.2 Å². The Labute approximate surface area is 94.5 Å². The van der Waals surface area contributed by atoms with E-state index in [9.17, 15) is 8.78 Å². The molecule has 0 amide bonds. The van der Waals surface area contributed by atoms with E-state index in [1.807, 2.05) is 0 Å². The molecule has 0 aromatic heterocycles. The summed E-state index contributed by atoms with van der Waals surface area (Å²) in [6.45, 7) is 2.13. The first kappa shape index (κ1) is 13.1. The molecule has 1 rings (SSSR count). The average Bonchev–Trinajstić information content (AvgIpc) is 2.29. The summed E-state index contributed by atoms with van der Waals surface area (Å²) >= 11 is 0. The van der Waals surface area contributed by atoms with Crippen LogP contribution in [0.3, 0.4) is 0 Å². The minimum Gasteiger partial charge on any atom is -0.395 e. The highest BCUT2D eigenvalue weighted by atomic mass is 19.3. The number of hydrogen-bond donors (Lipinski definition) is 1. The number of halogens is 2. The molecule has 16 heavy (non-hydrogen) atoms. The summed E-state index contributed by atoms with van der Waals surface area (Å²) in [4.78, 5) is 1.53. The van der Waals surface area contributed by atoms with Gasteiger partial charge >= 0.3 is 0 Å². The standard InChI is InChI=1S/C12H17F2NO/c1-2-15(8-9-16)10-12(13,14)11-6-4-3-5-7-11/h3-7,16H,2,8-10H2,1H3. The molecule has 0 spiro atoms. The summed E-state index contributed by atoms with van der Waals surface area (Å²) < 4.78 is 27.6. The largest absolute Gasteiger partial charge is 0.395 e. The van der Waals surface area contributed by atoms with E-state index < -0.39 is 5.92 Å². The zero-order valence-electron chi connectivity index (χ0n) is 9.37. The lowest BCUT2D eigenvalue weighted by molar-refractivity contribution is -0.0392. The lowest BCUT2D eigenvalue weighted by atomic mass is 10.1. The minimum absolute atomic E-state index is 0.0198. The highest BCUT2D eigenvalue weighted by Gasteiger charge is 2.33. The van der Waals surface area contributed by atoms with Crippen molar-refractivity contribution in [1.82, 2.24) is 4.90 Å². The van der Waals surface area contributed by atoms with Crippen LogP contribution in [-0.2, 0) is 5.92 Å². The third kappa shape index (κ3) is 3.54. The summed E-state index contributed by atoms with van der Waals surface area (Å²) in [5, 5.41) is 8.75. The molecule has 0 bridgehead atoms. The van der Waals surface area contributed by atoms with Crippen molar-refractivity contribution < 1.29 is 13.9 Å². The third-order valence-corrected chi connectivity index (χ3v) is 2.48. The number of alkyl halides is 2. The molecule has 0 saturated carbocycles. The number of aliphatic hydroxyl groups is 1. The van der Waals surface area contributed by atoms with Crippen LogP contribution in [0.25, 0.3) is 0 Å². The van der Waals surface area contributed by atoms with Gasteiger partial charge in [-0.3, -0.25) is 4.90 Å². The van der Waals surface area contributed by atoms with E-state index in [0.29, 0.717) is 6.54 Å². The minimum atomic E-state index is -2.87. The Morgan fingerprint density at radius 2 is 1.88 bits per heavy atom. The Bertz CT molecular complexity index is 303. The van der Waals surface area contributed by atoms with Gasteiger partial charge in [0.15, 0.2) is 0 Å². The van der Waals surface area contributed by atoms with E-state index in [1.165, 1.54) is 17.0 Å². The lowest BCUT2D eigenvalue weighted by Gasteiger charge is -2.25. The van der Waals surface area contributed by atoms with Gasteiger partial charge < -0.3 is 5.11 Å². The van der Waals surface area contributed by atoms with Gasteiger partial charge in [0.2, 0.25) is 0 Å². The SMILES string of the molecule is CCN(CCO)CC(F)(F)c1ccccc1. The van der Waals surface area contributed by atoms with Crippen molar-refractivity contribution >= 4 is 0 Å². The molecule has 1 N–H and O–H groups in total. The molecule has 0 aliphatic carbocycles. The quantitative estimate of drug-likeness (QED) is 0.807. The van der Waals surface area contributed by atoms with Crippen LogP contribution in [0, 0.1) is 0 Å². The predicted octanol–water partition coefficient (Wildman–Crippen LogP) is 2.09. The second kappa shape index (κ2) is 5.92. The van der Waals surface area contributed by atoms with E-state index in [4.69, 9.17) is 5.11 Å². The Morgan fingerprint density at radius 1 is 1.25 bits per heavy atom. The molecule has 0 unspecified atom stereocenters. The Balaban J connectivity index is 2.70. The highest BCUT2D eigenvalue weighted by molar-refractivity contribution is 5.20. The van der Waals surface area contributed by atoms with Crippen molar-refractivity contribution in [3.8, 4) is 0 Å². The maximum Gasteiger partial charge on any atom is 0.285 e. The zero-order chi connectivity index (χ0) is 12.0. The normalized spacial score (nSPS) is 12.1. The van der Waals surface area contributed by atoms with Crippen molar-refractivity contribution in [1.29, 1.82) is 0 Å². The second-order valence-electron chi connectivity index (χ2n) is 3.66. The summed E-state index contributed by atoms with van der Waals surface area (Å²) in [6, 6.07) is 7.77. The number of aliphatic hydroxyl groups excluding tert-OH is 1. The van der Waals surface area contributed by atoms with E-state index in [1.54, 1.807) is 25.1 Å². The zero-order valence-corrected chi connectivity index (χ0v) is 9.37. The molecule has 0 radical (unpaired) electrons. The van der Waals surface area contributed by atoms with Crippen LogP contribution in [0.1, 0.15) is 12.5 Å². The van der Waals surface area contributed by atoms with Crippen LogP contribution in [0.2, 0.25) is 0 Å². The molecular formula is C12H17F2NO. The first-order valence-corrected chi connectivity index (χ1v) is 5.36. The lowest BCUT2D eigenvalue weighted by Crippen LogP contribution is -2.36. The predicted molar refractivity (Wildman–Crippen MR) is 59.5 cm³/mol. The van der Waals surface area contributed by atoms with Crippen molar-refractivity contribution in [2.75, 3.05) is 26.2 Å². The van der Waals surface area contributed by atoms with Crippen LogP contribution in [0.4, 0.5) is 8.78 Å². The van der Waals surface area contributed by atoms with Gasteiger partial charge in [0.1, 0.15) is 0 Å². The van der Waals surface area contributed by atoms with Crippen LogP contribution >= 0.6 is 0 Å². The number of hydrogen-bond acceptors (Lipinski definition) is 2. The number of likely N-dealkylation sites (N-methyl/N-ethyl adjacent to an activating group) is 1. The molecule has 1 aromatic rings. The summed E-state index contributed by atoms with van der Waals surface area (Å²) in [7, 11) is 0. The average molecular weight is 229 g/mol. The number of nitrogens with zero attached hydrogens (tertiary/aromatic N) is 1. The van der Waals surface area contributed by atoms with E-state index in [0.717, 1.165) is 0 Å². The highest BCUT2D eigenvalue weighted by Crippen LogP contribution is 2.28. The molecule has 1 aromatic carbocycles. The summed E-state index contributed by atoms with van der Waals surface area (Å²) in [6.07, 6.45) is 0. The topological polar surface area (TPSA) is 23.5 Å². The van der Waals surface area contributed by atoms with Crippen molar-refractivity contribution in [3.05, 3.63) is 35.9 Å². The van der Waals surface area contributed by atoms with Crippen molar-refractivity contribution in [3.63, 3.8) is 0 Å². The molecule has 4 heteroatoms. The van der Waals surface area contributed by atoms with E-state index >= 15 is 0 Å². The van der Waals surface area contributed by atoms with Crippen LogP contribution in [0.15, 0.2) is 30.3 Å². The van der Waals surface area contributed by atoms with Crippen molar-refractivity contribution in [2.24, 2.45) is 0 Å². The Kier molecular flexibility index (Phi) is 4.83. The molecule has 0 aliphatic heterocycles. The number of rotatable bonds is 6. The molecule has 0 aliphatic rings. The van der Waals surface area contributed by atoms with Gasteiger partial charge in [-0.25, -0.2) is 0 Å². The van der Waals surface area contributed by atoms with Gasteiger partial charge in [-0.2, -0.15) is 8.78 Å². The smallest absolute Gasteiger partial charge is 0.285 e. The van der Waals surface area contributed by atoms with Gasteiger partial charge in [-0.05, 0) is 6.54 Å². The van der Waals surface area contributed by atoms with Crippen LogP contribution < -0.4 is 0 Å². The molecule has 90 valence electrons. The molecule has 0 atom stereocenters. The molecule has 0 heterocycles. The van der Waals surface area contributed by atoms with Gasteiger partial charge in [0.25, 0.3) is 5.92 Å². The summed E-state index contributed by atoms with van der Waals surface area (Å²) in [5.41, 5.74) is 0.0198. The fourth-order valence-electron chi connectivity index (χ4n) is 1.54. The summed E-state index contributed by atoms with van der Waals surface area (Å²) in [5.74, 6) is -2.87. The molecule has 0 saturated heterocycles. The third-order valence-electron chi connectivity index (χ3n) is 2.48. The van der Waals surface area contributed by atoms with Crippen molar-refractivity contribution in [2.45, 2.75) is 12.8 Å². The van der Waals surface area contributed by atoms with Crippen LogP contribution in [0.5, 0.6) is 0 Å². The number of benzene rings is 1. The fraction of sp³-hybridized carbons (Fsp3) is 0.500. The van der Waals surface area contributed by atoms with E-state index in [-0.39, 0.29) is 25.3 Å². The van der Waals surface area contributed by atoms with Gasteiger partial charge in [-0.15, -0.1) is 0 Å². The van der Waals surface area contributed by atoms with Gasteiger partial charge in [-0.1, -0.05) is 37.3 Å². The van der Waals surface area contributed by atoms with E-state index in [2.05, 4.69) is 0 Å². The Hall–Kier alpha value is -1.00. The Morgan fingerprint density at radius 3 is 2.38 bits per heavy atom. The molecular weight excluding hydrogens is 212 g/mol. The maximum atomic E-state index is 13.8. The van der Waals surface area contributed by atoms with Gasteiger partial charge in [0.05, 0.1) is 13.2 Å². The maximum absolute atomic E-state index is 13.8. The fourth-order valence-corrected chi connectivity index (χ4v) is 1.54. The van der Waals surface area contributed by atoms with Gasteiger partial charge in [0, 0.05) is 12.1 Å². The first-order valence-electron chi connectivity index (χ1n) is 5.36. The second-order valence-corrected chi connectivity index (χ2v) is 3.66. The molecule has 0 fully saturated rings. The monoisotopic (exact) mass is 229 g/mol.